The topological polar surface area (TPSA) is 89.8 Å². The van der Waals surface area contributed by atoms with E-state index >= 15 is 0 Å². The molecule has 2 atom stereocenters. The number of aromatic nitrogens is 3. The molecule has 1 saturated heterocycles. The molecule has 2 heterocycles. The number of carbonyl (C=O) groups is 2. The maximum atomic E-state index is 14.0. The van der Waals surface area contributed by atoms with E-state index in [1.807, 2.05) is 0 Å². The predicted molar refractivity (Wildman–Crippen MR) is 102 cm³/mol. The van der Waals surface area contributed by atoms with Gasteiger partial charge in [0.1, 0.15) is 17.7 Å². The SMILES string of the molecule is COc1ccc(OCC(=O)N2C[C@@H](F)C[C@H]2Cn2cc(C(=O)N(C)C)nn2)cc1. The first kappa shape index (κ1) is 20.6. The van der Waals surface area contributed by atoms with Gasteiger partial charge in [-0.1, -0.05) is 5.21 Å². The lowest BCUT2D eigenvalue weighted by Gasteiger charge is -2.24. The summed E-state index contributed by atoms with van der Waals surface area (Å²) in [4.78, 5) is 27.4. The van der Waals surface area contributed by atoms with E-state index in [0.29, 0.717) is 11.5 Å². The molecule has 3 rings (SSSR count). The smallest absolute Gasteiger partial charge is 0.275 e. The molecule has 1 aliphatic heterocycles. The first-order valence-corrected chi connectivity index (χ1v) is 9.19. The van der Waals surface area contributed by atoms with Crippen LogP contribution < -0.4 is 9.47 Å². The second-order valence-corrected chi connectivity index (χ2v) is 7.02. The number of ether oxygens (including phenoxy) is 2. The monoisotopic (exact) mass is 405 g/mol. The van der Waals surface area contributed by atoms with E-state index in [0.717, 1.165) is 0 Å². The number of amides is 2. The van der Waals surface area contributed by atoms with Crippen LogP contribution in [0.2, 0.25) is 0 Å². The van der Waals surface area contributed by atoms with E-state index in [-0.39, 0.29) is 49.7 Å². The zero-order chi connectivity index (χ0) is 21.0. The number of carbonyl (C=O) groups excluding carboxylic acids is 2. The Morgan fingerprint density at radius 1 is 1.24 bits per heavy atom. The third kappa shape index (κ3) is 5.01. The summed E-state index contributed by atoms with van der Waals surface area (Å²) in [6, 6.07) is 6.47. The summed E-state index contributed by atoms with van der Waals surface area (Å²) in [5.74, 6) is 0.626. The van der Waals surface area contributed by atoms with Gasteiger partial charge in [-0.15, -0.1) is 5.10 Å². The average molecular weight is 405 g/mol. The highest BCUT2D eigenvalue weighted by Gasteiger charge is 2.36. The molecule has 1 aromatic heterocycles. The van der Waals surface area contributed by atoms with E-state index in [4.69, 9.17) is 9.47 Å². The number of hydrogen-bond acceptors (Lipinski definition) is 6. The van der Waals surface area contributed by atoms with Gasteiger partial charge in [0.05, 0.1) is 32.4 Å². The van der Waals surface area contributed by atoms with Crippen LogP contribution in [0.3, 0.4) is 0 Å². The number of rotatable bonds is 7. The largest absolute Gasteiger partial charge is 0.497 e. The molecule has 1 fully saturated rings. The molecule has 0 bridgehead atoms. The van der Waals surface area contributed by atoms with Crippen molar-refractivity contribution in [3.8, 4) is 11.5 Å². The fourth-order valence-corrected chi connectivity index (χ4v) is 3.17. The van der Waals surface area contributed by atoms with Crippen molar-refractivity contribution in [3.63, 3.8) is 0 Å². The molecule has 1 aliphatic rings. The normalized spacial score (nSPS) is 18.6. The van der Waals surface area contributed by atoms with Crippen molar-refractivity contribution in [2.24, 2.45) is 0 Å². The highest BCUT2D eigenvalue weighted by molar-refractivity contribution is 5.91. The van der Waals surface area contributed by atoms with Gasteiger partial charge in [-0.05, 0) is 24.3 Å². The Morgan fingerprint density at radius 3 is 2.59 bits per heavy atom. The van der Waals surface area contributed by atoms with Crippen LogP contribution in [0.15, 0.2) is 30.5 Å². The molecule has 9 nitrogen and oxygen atoms in total. The molecular formula is C19H24FN5O4. The van der Waals surface area contributed by atoms with E-state index in [9.17, 15) is 14.0 Å². The van der Waals surface area contributed by atoms with Gasteiger partial charge in [0, 0.05) is 20.5 Å². The molecule has 0 radical (unpaired) electrons. The number of methoxy groups -OCH3 is 1. The Balaban J connectivity index is 1.60. The van der Waals surface area contributed by atoms with E-state index in [1.165, 1.54) is 20.7 Å². The van der Waals surface area contributed by atoms with Crippen molar-refractivity contribution in [2.45, 2.75) is 25.2 Å². The van der Waals surface area contributed by atoms with Crippen LogP contribution in [-0.4, -0.2) is 83.2 Å². The molecule has 0 aliphatic carbocycles. The molecule has 29 heavy (non-hydrogen) atoms. The Bertz CT molecular complexity index is 855. The number of likely N-dealkylation sites (tertiary alicyclic amines) is 1. The van der Waals surface area contributed by atoms with Crippen molar-refractivity contribution in [3.05, 3.63) is 36.2 Å². The van der Waals surface area contributed by atoms with Crippen LogP contribution in [0.1, 0.15) is 16.9 Å². The molecule has 10 heteroatoms. The Kier molecular flexibility index (Phi) is 6.30. The lowest BCUT2D eigenvalue weighted by Crippen LogP contribution is -2.41. The molecule has 2 aromatic rings. The van der Waals surface area contributed by atoms with Gasteiger partial charge in [-0.25, -0.2) is 9.07 Å². The number of halogens is 1. The number of nitrogens with zero attached hydrogens (tertiary/aromatic N) is 5. The maximum Gasteiger partial charge on any atom is 0.275 e. The molecule has 1 aromatic carbocycles. The molecule has 0 N–H and O–H groups in total. The minimum Gasteiger partial charge on any atom is -0.497 e. The van der Waals surface area contributed by atoms with Gasteiger partial charge in [-0.3, -0.25) is 9.59 Å². The fraction of sp³-hybridized carbons (Fsp3) is 0.474. The predicted octanol–water partition coefficient (Wildman–Crippen LogP) is 1.01. The van der Waals surface area contributed by atoms with Crippen LogP contribution in [0.4, 0.5) is 4.39 Å². The summed E-state index contributed by atoms with van der Waals surface area (Å²) in [5, 5.41) is 7.78. The third-order valence-electron chi connectivity index (χ3n) is 4.67. The quantitative estimate of drug-likeness (QED) is 0.683. The zero-order valence-corrected chi connectivity index (χ0v) is 16.6. The summed E-state index contributed by atoms with van der Waals surface area (Å²) in [5.41, 5.74) is 0.200. The van der Waals surface area contributed by atoms with Gasteiger partial charge in [-0.2, -0.15) is 0 Å². The minimum absolute atomic E-state index is 0.00759. The van der Waals surface area contributed by atoms with E-state index in [1.54, 1.807) is 45.5 Å². The van der Waals surface area contributed by atoms with E-state index < -0.39 is 6.17 Å². The van der Waals surface area contributed by atoms with Crippen molar-refractivity contribution >= 4 is 11.8 Å². The van der Waals surface area contributed by atoms with E-state index in [2.05, 4.69) is 10.3 Å². The highest BCUT2D eigenvalue weighted by atomic mass is 19.1. The Morgan fingerprint density at radius 2 is 1.93 bits per heavy atom. The lowest BCUT2D eigenvalue weighted by molar-refractivity contribution is -0.134. The van der Waals surface area contributed by atoms with Gasteiger partial charge in [0.25, 0.3) is 11.8 Å². The van der Waals surface area contributed by atoms with Crippen LogP contribution in [0.5, 0.6) is 11.5 Å². The molecule has 2 amide bonds. The molecule has 0 spiro atoms. The minimum atomic E-state index is -1.11. The highest BCUT2D eigenvalue weighted by Crippen LogP contribution is 2.23. The Hall–Kier alpha value is -3.17. The van der Waals surface area contributed by atoms with Gasteiger partial charge in [0.15, 0.2) is 12.3 Å². The summed E-state index contributed by atoms with van der Waals surface area (Å²) in [6.07, 6.45) is 0.589. The van der Waals surface area contributed by atoms with Crippen molar-refractivity contribution < 1.29 is 23.5 Å². The van der Waals surface area contributed by atoms with Crippen LogP contribution in [0, 0.1) is 0 Å². The first-order chi connectivity index (χ1) is 13.9. The molecule has 156 valence electrons. The van der Waals surface area contributed by atoms with Crippen LogP contribution in [-0.2, 0) is 11.3 Å². The molecular weight excluding hydrogens is 381 g/mol. The second-order valence-electron chi connectivity index (χ2n) is 7.02. The summed E-state index contributed by atoms with van der Waals surface area (Å²) in [7, 11) is 4.80. The first-order valence-electron chi connectivity index (χ1n) is 9.19. The van der Waals surface area contributed by atoms with Crippen LogP contribution in [0.25, 0.3) is 0 Å². The fourth-order valence-electron chi connectivity index (χ4n) is 3.17. The van der Waals surface area contributed by atoms with Crippen molar-refractivity contribution in [1.82, 2.24) is 24.8 Å². The van der Waals surface area contributed by atoms with Gasteiger partial charge < -0.3 is 19.3 Å². The third-order valence-corrected chi connectivity index (χ3v) is 4.67. The van der Waals surface area contributed by atoms with Crippen molar-refractivity contribution in [1.29, 1.82) is 0 Å². The second kappa shape index (κ2) is 8.89. The number of alkyl halides is 1. The number of benzene rings is 1. The molecule has 0 unspecified atom stereocenters. The maximum absolute atomic E-state index is 14.0. The molecule has 0 saturated carbocycles. The summed E-state index contributed by atoms with van der Waals surface area (Å²) < 4.78 is 26.1. The Labute approximate surface area is 168 Å². The van der Waals surface area contributed by atoms with Gasteiger partial charge >= 0.3 is 0 Å². The van der Waals surface area contributed by atoms with Gasteiger partial charge in [0.2, 0.25) is 0 Å². The van der Waals surface area contributed by atoms with Crippen molar-refractivity contribution in [2.75, 3.05) is 34.4 Å². The summed E-state index contributed by atoms with van der Waals surface area (Å²) in [6.45, 7) is 0.0628. The summed E-state index contributed by atoms with van der Waals surface area (Å²) >= 11 is 0. The average Bonchev–Trinajstić information content (AvgIpc) is 3.32. The number of hydrogen-bond donors (Lipinski definition) is 0. The zero-order valence-electron chi connectivity index (χ0n) is 16.6. The standard InChI is InChI=1S/C19H24FN5O4/c1-23(2)19(27)17-11-24(22-21-17)10-14-8-13(20)9-25(14)18(26)12-29-16-6-4-15(28-3)5-7-16/h4-7,11,13-14H,8-10,12H2,1-3H3/t13-,14-/m0/s1. The van der Waals surface area contributed by atoms with Crippen LogP contribution >= 0.6 is 0 Å². The lowest BCUT2D eigenvalue weighted by atomic mass is 10.2.